The van der Waals surface area contributed by atoms with E-state index < -0.39 is 11.9 Å². The Morgan fingerprint density at radius 1 is 1.12 bits per heavy atom. The Morgan fingerprint density at radius 3 is 2.38 bits per heavy atom. The van der Waals surface area contributed by atoms with Gasteiger partial charge in [-0.15, -0.1) is 0 Å². The summed E-state index contributed by atoms with van der Waals surface area (Å²) in [5.74, 6) is -0.383. The highest BCUT2D eigenvalue weighted by atomic mass is 32.1. The Hall–Kier alpha value is -2.93. The van der Waals surface area contributed by atoms with Crippen LogP contribution in [0.4, 0.5) is 5.69 Å². The zero-order chi connectivity index (χ0) is 19.1. The number of para-hydroxylation sites is 1. The molecular weight excluding hydrogens is 352 g/mol. The standard InChI is InChI=1S/C19H20N2O4S/c1-12(2)11-25-14-9-7-13(8-10-14)17(22)21-19(26)20-16-6-4-3-5-15(16)18(23)24/h3-10,12H,11H2,1-2H3,(H,23,24)(H2,20,21,22,26). The minimum atomic E-state index is -1.08. The lowest BCUT2D eigenvalue weighted by atomic mass is 10.2. The van der Waals surface area contributed by atoms with E-state index in [9.17, 15) is 9.59 Å². The summed E-state index contributed by atoms with van der Waals surface area (Å²) in [5.41, 5.74) is 0.788. The average Bonchev–Trinajstić information content (AvgIpc) is 2.60. The maximum atomic E-state index is 12.2. The van der Waals surface area contributed by atoms with Crippen molar-refractivity contribution in [3.05, 3.63) is 59.7 Å². The number of carboxylic acids is 1. The Kier molecular flexibility index (Phi) is 6.68. The largest absolute Gasteiger partial charge is 0.493 e. The molecule has 0 saturated carbocycles. The molecule has 26 heavy (non-hydrogen) atoms. The molecule has 1 amide bonds. The van der Waals surface area contributed by atoms with Crippen molar-refractivity contribution < 1.29 is 19.4 Å². The predicted octanol–water partition coefficient (Wildman–Crippen LogP) is 3.55. The second kappa shape index (κ2) is 8.96. The van der Waals surface area contributed by atoms with Gasteiger partial charge in [0.25, 0.3) is 5.91 Å². The van der Waals surface area contributed by atoms with E-state index in [1.54, 1.807) is 42.5 Å². The minimum Gasteiger partial charge on any atom is -0.493 e. The third kappa shape index (κ3) is 5.56. The fourth-order valence-corrected chi connectivity index (χ4v) is 2.28. The van der Waals surface area contributed by atoms with Crippen LogP contribution < -0.4 is 15.4 Å². The number of carbonyl (C=O) groups is 2. The molecule has 0 bridgehead atoms. The van der Waals surface area contributed by atoms with Gasteiger partial charge in [-0.2, -0.15) is 0 Å². The highest BCUT2D eigenvalue weighted by Crippen LogP contribution is 2.15. The van der Waals surface area contributed by atoms with Crippen LogP contribution >= 0.6 is 12.2 Å². The van der Waals surface area contributed by atoms with Crippen molar-refractivity contribution in [2.75, 3.05) is 11.9 Å². The van der Waals surface area contributed by atoms with Crippen molar-refractivity contribution >= 4 is 34.9 Å². The lowest BCUT2D eigenvalue weighted by Gasteiger charge is -2.12. The van der Waals surface area contributed by atoms with Gasteiger partial charge in [0.15, 0.2) is 5.11 Å². The third-order valence-corrected chi connectivity index (χ3v) is 3.54. The average molecular weight is 372 g/mol. The lowest BCUT2D eigenvalue weighted by molar-refractivity contribution is 0.0698. The SMILES string of the molecule is CC(C)COc1ccc(C(=O)NC(=S)Nc2ccccc2C(=O)O)cc1. The van der Waals surface area contributed by atoms with Crippen LogP contribution in [0.15, 0.2) is 48.5 Å². The van der Waals surface area contributed by atoms with Crippen LogP contribution in [-0.4, -0.2) is 28.7 Å². The van der Waals surface area contributed by atoms with Gasteiger partial charge in [-0.3, -0.25) is 10.1 Å². The van der Waals surface area contributed by atoms with Gasteiger partial charge in [0, 0.05) is 5.56 Å². The third-order valence-electron chi connectivity index (χ3n) is 3.33. The molecular formula is C19H20N2O4S. The predicted molar refractivity (Wildman–Crippen MR) is 104 cm³/mol. The fourth-order valence-electron chi connectivity index (χ4n) is 2.07. The van der Waals surface area contributed by atoms with Crippen molar-refractivity contribution in [1.82, 2.24) is 5.32 Å². The molecule has 136 valence electrons. The zero-order valence-corrected chi connectivity index (χ0v) is 15.3. The summed E-state index contributed by atoms with van der Waals surface area (Å²) in [6.07, 6.45) is 0. The monoisotopic (exact) mass is 372 g/mol. The Labute approximate surface area is 157 Å². The first-order valence-electron chi connectivity index (χ1n) is 8.04. The summed E-state index contributed by atoms with van der Waals surface area (Å²) >= 11 is 5.09. The molecule has 0 aliphatic carbocycles. The van der Waals surface area contributed by atoms with Gasteiger partial charge < -0.3 is 15.2 Å². The second-order valence-corrected chi connectivity index (χ2v) is 6.40. The van der Waals surface area contributed by atoms with Gasteiger partial charge in [0.2, 0.25) is 0 Å². The number of benzene rings is 2. The molecule has 3 N–H and O–H groups in total. The van der Waals surface area contributed by atoms with Crippen molar-refractivity contribution in [2.24, 2.45) is 5.92 Å². The summed E-state index contributed by atoms with van der Waals surface area (Å²) < 4.78 is 5.57. The number of carbonyl (C=O) groups excluding carboxylic acids is 1. The van der Waals surface area contributed by atoms with Crippen LogP contribution in [0.5, 0.6) is 5.75 Å². The normalized spacial score (nSPS) is 10.3. The van der Waals surface area contributed by atoms with Gasteiger partial charge in [-0.25, -0.2) is 4.79 Å². The summed E-state index contributed by atoms with van der Waals surface area (Å²) in [4.78, 5) is 23.4. The van der Waals surface area contributed by atoms with Gasteiger partial charge in [0.05, 0.1) is 17.9 Å². The van der Waals surface area contributed by atoms with Crippen LogP contribution in [0.1, 0.15) is 34.6 Å². The molecule has 7 heteroatoms. The number of rotatable bonds is 6. The van der Waals surface area contributed by atoms with E-state index in [-0.39, 0.29) is 10.7 Å². The van der Waals surface area contributed by atoms with E-state index in [4.69, 9.17) is 22.1 Å². The topological polar surface area (TPSA) is 87.7 Å². The Morgan fingerprint density at radius 2 is 1.77 bits per heavy atom. The molecule has 0 aromatic heterocycles. The quantitative estimate of drug-likeness (QED) is 0.672. The summed E-state index contributed by atoms with van der Waals surface area (Å²) in [6.45, 7) is 4.71. The van der Waals surface area contributed by atoms with Crippen molar-refractivity contribution in [3.8, 4) is 5.75 Å². The molecule has 0 radical (unpaired) electrons. The van der Waals surface area contributed by atoms with Crippen molar-refractivity contribution in [1.29, 1.82) is 0 Å². The van der Waals surface area contributed by atoms with Crippen LogP contribution in [0.3, 0.4) is 0 Å². The molecule has 2 aromatic carbocycles. The molecule has 6 nitrogen and oxygen atoms in total. The van der Waals surface area contributed by atoms with E-state index in [0.717, 1.165) is 0 Å². The Bertz CT molecular complexity index is 803. The maximum absolute atomic E-state index is 12.2. The number of anilines is 1. The number of hydrogen-bond acceptors (Lipinski definition) is 4. The van der Waals surface area contributed by atoms with Crippen LogP contribution in [0, 0.1) is 5.92 Å². The van der Waals surface area contributed by atoms with E-state index in [1.807, 2.05) is 0 Å². The molecule has 0 atom stereocenters. The highest BCUT2D eigenvalue weighted by Gasteiger charge is 2.12. The fraction of sp³-hybridized carbons (Fsp3) is 0.211. The maximum Gasteiger partial charge on any atom is 0.337 e. The number of nitrogens with one attached hydrogen (secondary N) is 2. The highest BCUT2D eigenvalue weighted by molar-refractivity contribution is 7.80. The van der Waals surface area contributed by atoms with Gasteiger partial charge in [-0.1, -0.05) is 26.0 Å². The molecule has 0 fully saturated rings. The number of carboxylic acid groups (broad SMARTS) is 1. The number of thiocarbonyl (C=S) groups is 1. The molecule has 0 aliphatic rings. The van der Waals surface area contributed by atoms with Gasteiger partial charge >= 0.3 is 5.97 Å². The smallest absolute Gasteiger partial charge is 0.337 e. The summed E-state index contributed by atoms with van der Waals surface area (Å²) in [6, 6.07) is 13.0. The number of hydrogen-bond donors (Lipinski definition) is 3. The molecule has 2 rings (SSSR count). The van der Waals surface area contributed by atoms with E-state index >= 15 is 0 Å². The molecule has 0 aliphatic heterocycles. The molecule has 0 unspecified atom stereocenters. The van der Waals surface area contributed by atoms with Crippen LogP contribution in [0.2, 0.25) is 0 Å². The molecule has 0 heterocycles. The molecule has 0 saturated heterocycles. The van der Waals surface area contributed by atoms with E-state index in [0.29, 0.717) is 29.5 Å². The Balaban J connectivity index is 1.97. The molecule has 0 spiro atoms. The van der Waals surface area contributed by atoms with Crippen molar-refractivity contribution in [3.63, 3.8) is 0 Å². The molecule has 2 aromatic rings. The first-order chi connectivity index (χ1) is 12.4. The van der Waals surface area contributed by atoms with Gasteiger partial charge in [-0.05, 0) is 54.5 Å². The number of aromatic carboxylic acids is 1. The van der Waals surface area contributed by atoms with Crippen LogP contribution in [-0.2, 0) is 0 Å². The summed E-state index contributed by atoms with van der Waals surface area (Å²) in [5, 5.41) is 14.4. The second-order valence-electron chi connectivity index (χ2n) is 5.99. The summed E-state index contributed by atoms with van der Waals surface area (Å²) in [7, 11) is 0. The zero-order valence-electron chi connectivity index (χ0n) is 14.5. The van der Waals surface area contributed by atoms with Gasteiger partial charge in [0.1, 0.15) is 5.75 Å². The van der Waals surface area contributed by atoms with Crippen molar-refractivity contribution in [2.45, 2.75) is 13.8 Å². The number of amides is 1. The first-order valence-corrected chi connectivity index (χ1v) is 8.45. The minimum absolute atomic E-state index is 0.0174. The van der Waals surface area contributed by atoms with E-state index in [2.05, 4.69) is 24.5 Å². The van der Waals surface area contributed by atoms with E-state index in [1.165, 1.54) is 6.07 Å². The number of ether oxygens (including phenoxy) is 1. The van der Waals surface area contributed by atoms with Crippen LogP contribution in [0.25, 0.3) is 0 Å². The first kappa shape index (κ1) is 19.4. The lowest BCUT2D eigenvalue weighted by Crippen LogP contribution is -2.34.